The molecule has 7 rings (SSSR count). The average molecular weight is 864 g/mol. The van der Waals surface area contributed by atoms with Crippen molar-refractivity contribution in [2.24, 2.45) is 0 Å². The number of sulfonamides is 1. The van der Waals surface area contributed by atoms with Gasteiger partial charge in [0.25, 0.3) is 21.6 Å². The highest BCUT2D eigenvalue weighted by atomic mass is 32.2. The lowest BCUT2D eigenvalue weighted by Crippen LogP contribution is -2.49. The lowest BCUT2D eigenvalue weighted by Gasteiger charge is -2.43. The number of nitro benzene ring substituents is 1. The lowest BCUT2D eigenvalue weighted by molar-refractivity contribution is -0.384. The van der Waals surface area contributed by atoms with Gasteiger partial charge in [0.2, 0.25) is 0 Å². The van der Waals surface area contributed by atoms with Crippen LogP contribution < -0.4 is 14.9 Å². The zero-order valence-electron chi connectivity index (χ0n) is 34.6. The molecule has 0 spiro atoms. The molecule has 0 radical (unpaired) electrons. The number of benzene rings is 5. The van der Waals surface area contributed by atoms with Gasteiger partial charge in [-0.2, -0.15) is 0 Å². The second-order valence-corrected chi connectivity index (χ2v) is 18.9. The van der Waals surface area contributed by atoms with Crippen LogP contribution in [0.3, 0.4) is 0 Å². The van der Waals surface area contributed by atoms with Crippen LogP contribution in [0.15, 0.2) is 137 Å². The monoisotopic (exact) mass is 863 g/mol. The van der Waals surface area contributed by atoms with E-state index in [1.807, 2.05) is 62.4 Å². The van der Waals surface area contributed by atoms with Crippen molar-refractivity contribution in [3.05, 3.63) is 149 Å². The summed E-state index contributed by atoms with van der Waals surface area (Å²) in [5, 5.41) is 15.3. The van der Waals surface area contributed by atoms with Gasteiger partial charge in [0, 0.05) is 72.6 Å². The van der Waals surface area contributed by atoms with E-state index < -0.39 is 32.1 Å². The van der Waals surface area contributed by atoms with E-state index in [2.05, 4.69) is 68.4 Å². The molecular formula is C47H53N5O7S2. The molecule has 5 aromatic rings. The zero-order chi connectivity index (χ0) is 42.9. The van der Waals surface area contributed by atoms with Crippen LogP contribution in [0, 0.1) is 10.1 Å². The van der Waals surface area contributed by atoms with Crippen LogP contribution in [0.25, 0.3) is 11.1 Å². The average Bonchev–Trinajstić information content (AvgIpc) is 3.27. The Kier molecular flexibility index (Phi) is 14.1. The van der Waals surface area contributed by atoms with Crippen molar-refractivity contribution in [2.45, 2.75) is 54.0 Å². The fraction of sp³-hybridized carbons (Fsp3) is 0.340. The third-order valence-corrected chi connectivity index (χ3v) is 14.0. The number of hydrogen-bond acceptors (Lipinski definition) is 11. The molecule has 0 aromatic heterocycles. The minimum atomic E-state index is -4.45. The van der Waals surface area contributed by atoms with Gasteiger partial charge < -0.3 is 19.7 Å². The van der Waals surface area contributed by atoms with Crippen LogP contribution in [0.5, 0.6) is 0 Å². The highest BCUT2D eigenvalue weighted by Gasteiger charge is 2.37. The molecule has 5 aromatic carbocycles. The van der Waals surface area contributed by atoms with Crippen LogP contribution in [0.2, 0.25) is 0 Å². The van der Waals surface area contributed by atoms with Crippen LogP contribution in [0.4, 0.5) is 17.1 Å². The molecule has 0 unspecified atom stereocenters. The quantitative estimate of drug-likeness (QED) is 0.0530. The van der Waals surface area contributed by atoms with E-state index in [-0.39, 0.29) is 21.7 Å². The van der Waals surface area contributed by atoms with Gasteiger partial charge in [-0.15, -0.1) is 11.8 Å². The van der Waals surface area contributed by atoms with Crippen LogP contribution in [-0.4, -0.2) is 93.6 Å². The second-order valence-electron chi connectivity index (χ2n) is 16.2. The number of nitro groups is 1. The Bertz CT molecular complexity index is 2370. The molecule has 2 aliphatic heterocycles. The largest absolute Gasteiger partial charge is 0.379 e. The Hall–Kier alpha value is -5.25. The van der Waals surface area contributed by atoms with Crippen molar-refractivity contribution < 1.29 is 27.6 Å². The Morgan fingerprint density at radius 2 is 1.52 bits per heavy atom. The number of anilines is 2. The molecule has 0 atom stereocenters. The highest BCUT2D eigenvalue weighted by Crippen LogP contribution is 2.36. The summed E-state index contributed by atoms with van der Waals surface area (Å²) in [5.74, 6) is -0.241. The number of nitrogens with one attached hydrogen (secondary N) is 2. The van der Waals surface area contributed by atoms with Gasteiger partial charge in [0.05, 0.1) is 35.2 Å². The van der Waals surface area contributed by atoms with Gasteiger partial charge in [-0.05, 0) is 91.9 Å². The Labute approximate surface area is 362 Å². The van der Waals surface area contributed by atoms with E-state index in [0.717, 1.165) is 81.8 Å². The van der Waals surface area contributed by atoms with E-state index in [1.165, 1.54) is 28.8 Å². The molecular weight excluding hydrogens is 811 g/mol. The summed E-state index contributed by atoms with van der Waals surface area (Å²) >= 11 is 1.60. The van der Waals surface area contributed by atoms with Crippen LogP contribution in [0.1, 0.15) is 42.6 Å². The summed E-state index contributed by atoms with van der Waals surface area (Å²) in [7, 11) is -4.45. The standard InChI is InChI=1S/C47H53N5O7S2/c1-46(2,35-60-40-14-7-4-8-15-40)48-43-22-21-41(33-44(43)52(54)55)61(56,57)49-45(53)37-17-19-39(20-18-37)51-25-23-47(24-26-51,59-32-29-50-27-30-58-31-28-50)34-38-13-9-10-16-42(38)36-11-5-3-6-12-36/h3-22,33,48H,23-32,34-35H2,1-2H3,(H,49,53). The van der Waals surface area contributed by atoms with Crippen LogP contribution >= 0.6 is 11.8 Å². The molecule has 2 N–H and O–H groups in total. The van der Waals surface area contributed by atoms with Crippen molar-refractivity contribution in [1.82, 2.24) is 9.62 Å². The van der Waals surface area contributed by atoms with E-state index in [4.69, 9.17) is 9.47 Å². The van der Waals surface area contributed by atoms with Gasteiger partial charge in [-0.1, -0.05) is 72.8 Å². The molecule has 2 fully saturated rings. The van der Waals surface area contributed by atoms with Crippen molar-refractivity contribution >= 4 is 44.8 Å². The predicted molar refractivity (Wildman–Crippen MR) is 242 cm³/mol. The lowest BCUT2D eigenvalue weighted by atomic mass is 9.82. The number of amides is 1. The second kappa shape index (κ2) is 19.6. The summed E-state index contributed by atoms with van der Waals surface area (Å²) in [6.45, 7) is 10.1. The number of nitrogens with zero attached hydrogens (tertiary/aromatic N) is 3. The normalized spacial score (nSPS) is 15.9. The van der Waals surface area contributed by atoms with Gasteiger partial charge in [0.1, 0.15) is 5.69 Å². The number of carbonyl (C=O) groups excluding carboxylic acids is 1. The topological polar surface area (TPSA) is 143 Å². The first-order valence-corrected chi connectivity index (χ1v) is 23.1. The molecule has 320 valence electrons. The van der Waals surface area contributed by atoms with Crippen molar-refractivity contribution in [1.29, 1.82) is 0 Å². The van der Waals surface area contributed by atoms with E-state index in [9.17, 15) is 23.3 Å². The summed E-state index contributed by atoms with van der Waals surface area (Å²) in [6.07, 6.45) is 2.37. The number of rotatable bonds is 17. The van der Waals surface area contributed by atoms with E-state index in [0.29, 0.717) is 12.4 Å². The Balaban J connectivity index is 0.994. The fourth-order valence-electron chi connectivity index (χ4n) is 7.86. The van der Waals surface area contributed by atoms with Crippen LogP contribution in [-0.2, 0) is 25.9 Å². The van der Waals surface area contributed by atoms with Gasteiger partial charge in [0.15, 0.2) is 0 Å². The minimum absolute atomic E-state index is 0.146. The summed E-state index contributed by atoms with van der Waals surface area (Å²) in [6, 6.07) is 39.2. The molecule has 0 aliphatic carbocycles. The first-order valence-electron chi connectivity index (χ1n) is 20.6. The van der Waals surface area contributed by atoms with Crippen molar-refractivity contribution in [3.8, 4) is 11.1 Å². The minimum Gasteiger partial charge on any atom is -0.379 e. The predicted octanol–water partition coefficient (Wildman–Crippen LogP) is 8.29. The number of hydrogen-bond donors (Lipinski definition) is 2. The first-order chi connectivity index (χ1) is 29.4. The number of thioether (sulfide) groups is 1. The molecule has 61 heavy (non-hydrogen) atoms. The molecule has 14 heteroatoms. The van der Waals surface area contributed by atoms with Crippen molar-refractivity contribution in [2.75, 3.05) is 68.5 Å². The number of carbonyl (C=O) groups is 1. The number of morpholine rings is 1. The first kappa shape index (κ1) is 43.8. The third-order valence-electron chi connectivity index (χ3n) is 11.2. The van der Waals surface area contributed by atoms with E-state index >= 15 is 0 Å². The molecule has 2 heterocycles. The summed E-state index contributed by atoms with van der Waals surface area (Å²) < 4.78 is 41.4. The zero-order valence-corrected chi connectivity index (χ0v) is 36.3. The molecule has 2 saturated heterocycles. The Morgan fingerprint density at radius 1 is 0.869 bits per heavy atom. The van der Waals surface area contributed by atoms with Gasteiger partial charge in [-0.25, -0.2) is 13.1 Å². The highest BCUT2D eigenvalue weighted by molar-refractivity contribution is 7.99. The molecule has 0 saturated carbocycles. The number of piperidine rings is 1. The Morgan fingerprint density at radius 3 is 2.21 bits per heavy atom. The summed E-state index contributed by atoms with van der Waals surface area (Å²) in [4.78, 5) is 30.1. The summed E-state index contributed by atoms with van der Waals surface area (Å²) in [5.41, 5.74) is 3.51. The smallest absolute Gasteiger partial charge is 0.293 e. The molecule has 12 nitrogen and oxygen atoms in total. The maximum absolute atomic E-state index is 13.4. The van der Waals surface area contributed by atoms with E-state index in [1.54, 1.807) is 23.9 Å². The maximum atomic E-state index is 13.4. The third kappa shape index (κ3) is 11.6. The van der Waals surface area contributed by atoms with Gasteiger partial charge >= 0.3 is 0 Å². The number of ether oxygens (including phenoxy) is 2. The van der Waals surface area contributed by atoms with Crippen molar-refractivity contribution in [3.63, 3.8) is 0 Å². The SMILES string of the molecule is CC(C)(CSc1ccccc1)Nc1ccc(S(=O)(=O)NC(=O)c2ccc(N3CCC(Cc4ccccc4-c4ccccc4)(OCCN4CCOCC4)CC3)cc2)cc1[N+](=O)[O-]. The molecule has 1 amide bonds. The molecule has 2 aliphatic rings. The maximum Gasteiger partial charge on any atom is 0.293 e. The fourth-order valence-corrected chi connectivity index (χ4v) is 9.80. The molecule has 0 bridgehead atoms. The van der Waals surface area contributed by atoms with Gasteiger partial charge in [-0.3, -0.25) is 19.8 Å².